The molecule has 1 atom stereocenters. The van der Waals surface area contributed by atoms with Gasteiger partial charge in [0.25, 0.3) is 0 Å². The lowest BCUT2D eigenvalue weighted by Crippen LogP contribution is -2.49. The van der Waals surface area contributed by atoms with Crippen molar-refractivity contribution >= 4 is 17.5 Å². The quantitative estimate of drug-likeness (QED) is 0.639. The third-order valence-corrected chi connectivity index (χ3v) is 7.17. The second-order valence-corrected chi connectivity index (χ2v) is 9.27. The molecule has 3 aliphatic rings. The number of hydrogen-bond acceptors (Lipinski definition) is 6. The Morgan fingerprint density at radius 1 is 0.935 bits per heavy atom. The third-order valence-electron chi connectivity index (χ3n) is 7.17. The number of anilines is 1. The number of piperidine rings is 2. The highest BCUT2D eigenvalue weighted by Gasteiger charge is 2.28. The Morgan fingerprint density at radius 2 is 1.65 bits per heavy atom. The van der Waals surface area contributed by atoms with Crippen LogP contribution in [0, 0.1) is 5.92 Å². The number of hydrogen-bond donors (Lipinski definition) is 2. The maximum Gasteiger partial charge on any atom is 0.234 e. The number of piperazine rings is 1. The summed E-state index contributed by atoms with van der Waals surface area (Å²) in [6.07, 6.45) is 3.68. The van der Waals surface area contributed by atoms with Gasteiger partial charge in [0.15, 0.2) is 0 Å². The summed E-state index contributed by atoms with van der Waals surface area (Å²) in [6, 6.07) is 8.39. The van der Waals surface area contributed by atoms with Crippen molar-refractivity contribution in [3.8, 4) is 0 Å². The first kappa shape index (κ1) is 22.2. The molecule has 0 aromatic heterocycles. The monoisotopic (exact) mass is 427 g/mol. The minimum absolute atomic E-state index is 0.157. The van der Waals surface area contributed by atoms with Crippen molar-refractivity contribution in [1.29, 1.82) is 0 Å². The number of imide groups is 1. The summed E-state index contributed by atoms with van der Waals surface area (Å²) in [7, 11) is 2.03. The van der Waals surface area contributed by atoms with E-state index in [1.807, 2.05) is 7.05 Å². The lowest BCUT2D eigenvalue weighted by atomic mass is 9.90. The van der Waals surface area contributed by atoms with E-state index in [1.165, 1.54) is 44.7 Å². The van der Waals surface area contributed by atoms with E-state index in [9.17, 15) is 9.59 Å². The normalized spacial score (nSPS) is 24.4. The predicted molar refractivity (Wildman–Crippen MR) is 123 cm³/mol. The second-order valence-electron chi connectivity index (χ2n) is 9.27. The first-order valence-electron chi connectivity index (χ1n) is 11.9. The van der Waals surface area contributed by atoms with Crippen LogP contribution in [0.1, 0.15) is 37.2 Å². The smallest absolute Gasteiger partial charge is 0.234 e. The Hall–Kier alpha value is -1.96. The van der Waals surface area contributed by atoms with Gasteiger partial charge in [-0.15, -0.1) is 0 Å². The van der Waals surface area contributed by atoms with Gasteiger partial charge in [-0.1, -0.05) is 12.1 Å². The third kappa shape index (κ3) is 5.84. The zero-order valence-electron chi connectivity index (χ0n) is 18.8. The molecular weight excluding hydrogens is 390 g/mol. The molecule has 3 saturated heterocycles. The van der Waals surface area contributed by atoms with Crippen molar-refractivity contribution in [3.63, 3.8) is 0 Å². The van der Waals surface area contributed by atoms with Crippen LogP contribution in [0.5, 0.6) is 0 Å². The number of rotatable bonds is 7. The first-order chi connectivity index (χ1) is 15.1. The van der Waals surface area contributed by atoms with Crippen molar-refractivity contribution < 1.29 is 9.59 Å². The van der Waals surface area contributed by atoms with Crippen molar-refractivity contribution in [2.75, 3.05) is 70.9 Å². The van der Waals surface area contributed by atoms with Crippen LogP contribution in [0.25, 0.3) is 0 Å². The molecule has 7 nitrogen and oxygen atoms in total. The summed E-state index contributed by atoms with van der Waals surface area (Å²) in [6.45, 7) is 10.3. The number of likely N-dealkylation sites (N-methyl/N-ethyl adjacent to an activating group) is 1. The molecule has 0 radical (unpaired) electrons. The van der Waals surface area contributed by atoms with Gasteiger partial charge < -0.3 is 15.1 Å². The molecule has 0 aliphatic carbocycles. The molecule has 170 valence electrons. The van der Waals surface area contributed by atoms with Gasteiger partial charge in [0, 0.05) is 57.9 Å². The molecule has 2 amide bonds. The van der Waals surface area contributed by atoms with E-state index in [1.54, 1.807) is 0 Å². The van der Waals surface area contributed by atoms with Crippen molar-refractivity contribution in [3.05, 3.63) is 29.8 Å². The average Bonchev–Trinajstić information content (AvgIpc) is 2.79. The molecule has 7 heteroatoms. The van der Waals surface area contributed by atoms with Crippen LogP contribution in [0.2, 0.25) is 0 Å². The predicted octanol–water partition coefficient (Wildman–Crippen LogP) is 1.26. The summed E-state index contributed by atoms with van der Waals surface area (Å²) in [5, 5.41) is 5.70. The largest absolute Gasteiger partial charge is 0.369 e. The van der Waals surface area contributed by atoms with Gasteiger partial charge in [-0.05, 0) is 63.0 Å². The van der Waals surface area contributed by atoms with E-state index in [2.05, 4.69) is 49.6 Å². The maximum atomic E-state index is 12.1. The number of likely N-dealkylation sites (tertiary alicyclic amines) is 1. The standard InChI is InChI=1S/C24H37N5O2/c1-25-10-13-27-11-8-19(9-12-27)18-28-14-16-29(17-15-28)21-4-2-20(3-5-21)22-6-7-23(30)26-24(22)31/h2-5,19,22,25H,6-18H2,1H3,(H,26,30,31). The number of benzene rings is 1. The summed E-state index contributed by atoms with van der Waals surface area (Å²) in [5.74, 6) is 0.319. The molecule has 3 fully saturated rings. The molecule has 1 aromatic rings. The summed E-state index contributed by atoms with van der Waals surface area (Å²) >= 11 is 0. The van der Waals surface area contributed by atoms with Crippen LogP contribution in [0.3, 0.4) is 0 Å². The first-order valence-corrected chi connectivity index (χ1v) is 11.9. The van der Waals surface area contributed by atoms with Crippen molar-refractivity contribution in [2.24, 2.45) is 5.92 Å². The molecule has 31 heavy (non-hydrogen) atoms. The van der Waals surface area contributed by atoms with E-state index in [0.717, 1.165) is 44.2 Å². The molecule has 3 aliphatic heterocycles. The van der Waals surface area contributed by atoms with Crippen LogP contribution in [0.15, 0.2) is 24.3 Å². The molecule has 0 bridgehead atoms. The highest BCUT2D eigenvalue weighted by Crippen LogP contribution is 2.27. The minimum Gasteiger partial charge on any atom is -0.369 e. The molecule has 1 aromatic carbocycles. The lowest BCUT2D eigenvalue weighted by Gasteiger charge is -2.39. The fourth-order valence-corrected chi connectivity index (χ4v) is 5.15. The van der Waals surface area contributed by atoms with Crippen LogP contribution in [-0.4, -0.2) is 87.6 Å². The SMILES string of the molecule is CNCCN1CCC(CN2CCN(c3ccc(C4CCC(=O)NC4=O)cc3)CC2)CC1. The van der Waals surface area contributed by atoms with E-state index in [0.29, 0.717) is 12.8 Å². The average molecular weight is 428 g/mol. The van der Waals surface area contributed by atoms with Gasteiger partial charge in [0.2, 0.25) is 11.8 Å². The summed E-state index contributed by atoms with van der Waals surface area (Å²) < 4.78 is 0. The van der Waals surface area contributed by atoms with E-state index >= 15 is 0 Å². The Kier molecular flexibility index (Phi) is 7.58. The van der Waals surface area contributed by atoms with E-state index < -0.39 is 0 Å². The van der Waals surface area contributed by atoms with Crippen LogP contribution in [-0.2, 0) is 9.59 Å². The number of amides is 2. The van der Waals surface area contributed by atoms with Crippen LogP contribution >= 0.6 is 0 Å². The van der Waals surface area contributed by atoms with E-state index in [4.69, 9.17) is 0 Å². The van der Waals surface area contributed by atoms with Crippen LogP contribution < -0.4 is 15.5 Å². The summed E-state index contributed by atoms with van der Waals surface area (Å²) in [4.78, 5) is 31.1. The number of nitrogens with zero attached hydrogens (tertiary/aromatic N) is 3. The molecule has 0 spiro atoms. The van der Waals surface area contributed by atoms with Gasteiger partial charge in [-0.3, -0.25) is 19.8 Å². The Balaban J connectivity index is 1.21. The highest BCUT2D eigenvalue weighted by atomic mass is 16.2. The zero-order valence-corrected chi connectivity index (χ0v) is 18.8. The van der Waals surface area contributed by atoms with Gasteiger partial charge in [-0.25, -0.2) is 0 Å². The second kappa shape index (κ2) is 10.6. The molecule has 0 saturated carbocycles. The Morgan fingerprint density at radius 3 is 2.29 bits per heavy atom. The Bertz CT molecular complexity index is 737. The zero-order chi connectivity index (χ0) is 21.6. The topological polar surface area (TPSA) is 67.9 Å². The number of carbonyl (C=O) groups excluding carboxylic acids is 2. The molecule has 4 rings (SSSR count). The number of carbonyl (C=O) groups is 2. The van der Waals surface area contributed by atoms with Gasteiger partial charge in [-0.2, -0.15) is 0 Å². The number of nitrogens with one attached hydrogen (secondary N) is 2. The minimum atomic E-state index is -0.201. The maximum absolute atomic E-state index is 12.1. The molecule has 3 heterocycles. The fraction of sp³-hybridized carbons (Fsp3) is 0.667. The van der Waals surface area contributed by atoms with Crippen molar-refractivity contribution in [2.45, 2.75) is 31.6 Å². The molecular formula is C24H37N5O2. The van der Waals surface area contributed by atoms with Crippen LogP contribution in [0.4, 0.5) is 5.69 Å². The fourth-order valence-electron chi connectivity index (χ4n) is 5.15. The summed E-state index contributed by atoms with van der Waals surface area (Å²) in [5.41, 5.74) is 2.24. The van der Waals surface area contributed by atoms with Gasteiger partial charge >= 0.3 is 0 Å². The van der Waals surface area contributed by atoms with Gasteiger partial charge in [0.1, 0.15) is 0 Å². The highest BCUT2D eigenvalue weighted by molar-refractivity contribution is 6.00. The van der Waals surface area contributed by atoms with Gasteiger partial charge in [0.05, 0.1) is 5.92 Å². The van der Waals surface area contributed by atoms with E-state index in [-0.39, 0.29) is 17.7 Å². The molecule has 2 N–H and O–H groups in total. The molecule has 1 unspecified atom stereocenters. The lowest BCUT2D eigenvalue weighted by molar-refractivity contribution is -0.134. The Labute approximate surface area is 186 Å². The van der Waals surface area contributed by atoms with Crippen molar-refractivity contribution in [1.82, 2.24) is 20.4 Å².